The van der Waals surface area contributed by atoms with Gasteiger partial charge in [-0.05, 0) is 97.3 Å². The summed E-state index contributed by atoms with van der Waals surface area (Å²) in [6.45, 7) is 7.69. The zero-order valence-corrected chi connectivity index (χ0v) is 40.3. The molecule has 9 rings (SSSR count). The second-order valence-electron chi connectivity index (χ2n) is 18.6. The van der Waals surface area contributed by atoms with E-state index in [0.29, 0.717) is 119 Å². The Bertz CT molecular complexity index is 2900. The molecule has 0 unspecified atom stereocenters. The Balaban J connectivity index is 0.981. The number of ether oxygens (including phenoxy) is 3. The number of fused-ring (bicyclic) bond motifs is 2. The van der Waals surface area contributed by atoms with Crippen molar-refractivity contribution in [3.63, 3.8) is 0 Å². The molecule has 1 amide bonds. The van der Waals surface area contributed by atoms with Crippen LogP contribution >= 0.6 is 11.6 Å². The maximum atomic E-state index is 14.4. The highest BCUT2D eigenvalue weighted by Gasteiger charge is 2.52. The fourth-order valence-corrected chi connectivity index (χ4v) is 10.8. The molecule has 0 bridgehead atoms. The van der Waals surface area contributed by atoms with Crippen molar-refractivity contribution in [2.24, 2.45) is 11.3 Å². The number of nitrogens with zero attached hydrogens (tertiary/aromatic N) is 5. The molecule has 0 saturated carbocycles. The van der Waals surface area contributed by atoms with Crippen LogP contribution in [0.25, 0.3) is 16.6 Å². The molecule has 70 heavy (non-hydrogen) atoms. The molecule has 5 aromatic rings. The number of piperazine rings is 1. The molecule has 3 N–H and O–H groups in total. The van der Waals surface area contributed by atoms with E-state index in [9.17, 15) is 36.5 Å². The van der Waals surface area contributed by atoms with Gasteiger partial charge in [0.2, 0.25) is 5.88 Å². The quantitative estimate of drug-likeness (QED) is 0.0751. The maximum Gasteiger partial charge on any atom is 0.394 e. The van der Waals surface area contributed by atoms with Gasteiger partial charge in [-0.1, -0.05) is 43.2 Å². The third kappa shape index (κ3) is 10.4. The number of hydrogen-bond acceptors (Lipinski definition) is 13. The topological polar surface area (TPSA) is 185 Å². The number of sulfonamides is 1. The lowest BCUT2D eigenvalue weighted by Crippen LogP contribution is -2.47. The monoisotopic (exact) mass is 1010 g/mol. The molecule has 2 saturated heterocycles. The van der Waals surface area contributed by atoms with Crippen molar-refractivity contribution in [1.82, 2.24) is 19.6 Å². The normalized spacial score (nSPS) is 19.6. The average molecular weight is 1010 g/mol. The number of aromatic nitrogens is 2. The number of hydrogen-bond donors (Lipinski definition) is 3. The Morgan fingerprint density at radius 3 is 2.49 bits per heavy atom. The van der Waals surface area contributed by atoms with E-state index in [4.69, 9.17) is 30.8 Å². The van der Waals surface area contributed by atoms with Crippen LogP contribution in [0.15, 0.2) is 89.5 Å². The standard InChI is InChI=1S/C49H54ClF3N8O8S/c1-48(2,49(51,52)53)34-7-4-33(40(25-34)31-5-8-35(50)9-6-31)29-58-17-19-59(20-18-58)36-10-12-39(42(26-36)60-16-3-21-69-47-44(60)24-32-14-15-54-45(32)56-47)46(62)57-70(65,66)38-11-13-41(43(27-38)61(63)64)55-28-37-30-67-22-23-68-37/h5-6,8-15,24,26-27,34,37,55H,3-4,7,16-23,25,28-30H2,1-2H3,(H,54,56)(H,57,62)/t34-,37-/m0/s1. The van der Waals surface area contributed by atoms with Gasteiger partial charge in [0.1, 0.15) is 17.0 Å². The number of nitrogens with one attached hydrogen (secondary N) is 3. The number of rotatable bonds is 13. The molecule has 0 radical (unpaired) electrons. The number of anilines is 4. The third-order valence-electron chi connectivity index (χ3n) is 13.9. The van der Waals surface area contributed by atoms with Gasteiger partial charge in [-0.25, -0.2) is 13.1 Å². The van der Waals surface area contributed by atoms with Crippen molar-refractivity contribution in [2.45, 2.75) is 56.7 Å². The predicted molar refractivity (Wildman–Crippen MR) is 261 cm³/mol. The summed E-state index contributed by atoms with van der Waals surface area (Å²) < 4.78 is 90.0. The van der Waals surface area contributed by atoms with E-state index in [0.717, 1.165) is 33.8 Å². The van der Waals surface area contributed by atoms with Crippen molar-refractivity contribution in [3.05, 3.63) is 111 Å². The Labute approximate surface area is 408 Å². The number of allylic oxidation sites excluding steroid dienone is 1. The molecule has 0 spiro atoms. The van der Waals surface area contributed by atoms with Crippen LogP contribution in [0, 0.1) is 21.4 Å². The van der Waals surface area contributed by atoms with Gasteiger partial charge in [0.05, 0.1) is 59.0 Å². The molecular weight excluding hydrogens is 953 g/mol. The largest absolute Gasteiger partial charge is 0.476 e. The van der Waals surface area contributed by atoms with E-state index in [1.54, 1.807) is 30.5 Å². The fourth-order valence-electron chi connectivity index (χ4n) is 9.66. The van der Waals surface area contributed by atoms with Crippen LogP contribution < -0.4 is 24.6 Å². The first-order valence-corrected chi connectivity index (χ1v) is 25.1. The molecule has 5 heterocycles. The van der Waals surface area contributed by atoms with Gasteiger partial charge in [-0.15, -0.1) is 0 Å². The third-order valence-corrected chi connectivity index (χ3v) is 15.5. The van der Waals surface area contributed by atoms with Crippen molar-refractivity contribution < 1.29 is 45.5 Å². The highest BCUT2D eigenvalue weighted by molar-refractivity contribution is 7.90. The Morgan fingerprint density at radius 1 is 0.971 bits per heavy atom. The first-order chi connectivity index (χ1) is 33.4. The average Bonchev–Trinajstić information content (AvgIpc) is 3.71. The van der Waals surface area contributed by atoms with Gasteiger partial charge < -0.3 is 34.3 Å². The molecule has 21 heteroatoms. The molecule has 2 aromatic heterocycles. The first kappa shape index (κ1) is 49.1. The number of alkyl halides is 3. The Hall–Kier alpha value is -5.93. The summed E-state index contributed by atoms with van der Waals surface area (Å²) >= 11 is 6.22. The molecule has 1 aliphatic carbocycles. The fraction of sp³-hybridized carbons (Fsp3) is 0.429. The van der Waals surface area contributed by atoms with Gasteiger partial charge in [0.25, 0.3) is 21.6 Å². The number of pyridine rings is 1. The van der Waals surface area contributed by atoms with E-state index in [-0.39, 0.29) is 23.9 Å². The van der Waals surface area contributed by atoms with Gasteiger partial charge in [0, 0.05) is 74.2 Å². The first-order valence-electron chi connectivity index (χ1n) is 23.3. The molecule has 2 fully saturated rings. The van der Waals surface area contributed by atoms with E-state index in [1.807, 2.05) is 35.2 Å². The number of amides is 1. The van der Waals surface area contributed by atoms with Crippen LogP contribution in [0.1, 0.15) is 55.5 Å². The summed E-state index contributed by atoms with van der Waals surface area (Å²) in [5.74, 6) is -1.20. The summed E-state index contributed by atoms with van der Waals surface area (Å²) in [7, 11) is -4.65. The number of H-pyrrole nitrogens is 1. The predicted octanol–water partition coefficient (Wildman–Crippen LogP) is 8.96. The van der Waals surface area contributed by atoms with Crippen LogP contribution in [0.4, 0.5) is 41.6 Å². The number of nitro groups is 1. The second-order valence-corrected chi connectivity index (χ2v) is 20.7. The van der Waals surface area contributed by atoms with Crippen LogP contribution in [0.3, 0.4) is 0 Å². The minimum absolute atomic E-state index is 0.0291. The lowest BCUT2D eigenvalue weighted by Gasteiger charge is -2.41. The molecule has 16 nitrogen and oxygen atoms in total. The van der Waals surface area contributed by atoms with Crippen LogP contribution in [0.2, 0.25) is 5.02 Å². The van der Waals surface area contributed by atoms with E-state index in [2.05, 4.69) is 24.8 Å². The summed E-state index contributed by atoms with van der Waals surface area (Å²) in [4.78, 5) is 39.6. The number of carbonyl (C=O) groups is 1. The number of carbonyl (C=O) groups excluding carboxylic acids is 1. The zero-order chi connectivity index (χ0) is 49.4. The smallest absolute Gasteiger partial charge is 0.394 e. The lowest BCUT2D eigenvalue weighted by atomic mass is 9.68. The number of halogens is 4. The summed E-state index contributed by atoms with van der Waals surface area (Å²) in [5.41, 5.74) is 3.03. The number of nitro benzene ring substituents is 1. The van der Waals surface area contributed by atoms with Crippen molar-refractivity contribution in [1.29, 1.82) is 0 Å². The molecule has 3 aliphatic heterocycles. The Morgan fingerprint density at radius 2 is 1.76 bits per heavy atom. The minimum Gasteiger partial charge on any atom is -0.476 e. The highest BCUT2D eigenvalue weighted by Crippen LogP contribution is 2.51. The minimum atomic E-state index is -4.65. The van der Waals surface area contributed by atoms with Crippen molar-refractivity contribution >= 4 is 72.6 Å². The molecular formula is C49H54ClF3N8O8S. The van der Waals surface area contributed by atoms with Gasteiger partial charge in [0.15, 0.2) is 0 Å². The van der Waals surface area contributed by atoms with E-state index >= 15 is 0 Å². The lowest BCUT2D eigenvalue weighted by molar-refractivity contribution is -0.384. The summed E-state index contributed by atoms with van der Waals surface area (Å²) in [6, 6.07) is 19.6. The SMILES string of the molecule is CC(C)([C@H]1CCC(CN2CCN(c3ccc(C(=O)NS(=O)(=O)c4ccc(NC[C@H]5COCCO5)c([N+](=O)[O-])c4)c(N4CCCOc5nc6[nH]ccc6cc54)c3)CC2)=C(c2ccc(Cl)cc2)C1)C(F)(F)F. The van der Waals surface area contributed by atoms with Crippen molar-refractivity contribution in [3.8, 4) is 5.88 Å². The van der Waals surface area contributed by atoms with Gasteiger partial charge >= 0.3 is 6.18 Å². The van der Waals surface area contributed by atoms with Crippen LogP contribution in [-0.4, -0.2) is 119 Å². The molecule has 372 valence electrons. The van der Waals surface area contributed by atoms with E-state index < -0.39 is 48.9 Å². The maximum absolute atomic E-state index is 14.4. The van der Waals surface area contributed by atoms with Gasteiger partial charge in [-0.2, -0.15) is 18.2 Å². The Kier molecular flexibility index (Phi) is 14.1. The molecule has 2 atom stereocenters. The van der Waals surface area contributed by atoms with Crippen LogP contribution in [-0.2, 0) is 19.5 Å². The second kappa shape index (κ2) is 20.1. The van der Waals surface area contributed by atoms with E-state index in [1.165, 1.54) is 26.0 Å². The number of benzene rings is 3. The summed E-state index contributed by atoms with van der Waals surface area (Å²) in [5, 5.41) is 16.5. The molecule has 3 aromatic carbocycles. The van der Waals surface area contributed by atoms with Gasteiger partial charge in [-0.3, -0.25) is 19.8 Å². The summed E-state index contributed by atoms with van der Waals surface area (Å²) in [6.07, 6.45) is -1.12. The molecule has 4 aliphatic rings. The highest BCUT2D eigenvalue weighted by atomic mass is 35.5. The van der Waals surface area contributed by atoms with Crippen LogP contribution in [0.5, 0.6) is 5.88 Å². The van der Waals surface area contributed by atoms with Crippen molar-refractivity contribution in [2.75, 3.05) is 87.4 Å². The zero-order valence-electron chi connectivity index (χ0n) is 38.7. The number of aromatic amines is 1.